The van der Waals surface area contributed by atoms with Gasteiger partial charge in [-0.15, -0.1) is 0 Å². The maximum Gasteiger partial charge on any atom is 0.120 e. The summed E-state index contributed by atoms with van der Waals surface area (Å²) in [6.45, 7) is 3.06. The Morgan fingerprint density at radius 2 is 2.00 bits per heavy atom. The molecule has 24 heavy (non-hydrogen) atoms. The fourth-order valence-corrected chi connectivity index (χ4v) is 3.04. The molecule has 2 aromatic carbocycles. The highest BCUT2D eigenvalue weighted by molar-refractivity contribution is 6.42. The van der Waals surface area contributed by atoms with Crippen LogP contribution in [0.25, 0.3) is 0 Å². The van der Waals surface area contributed by atoms with E-state index in [0.29, 0.717) is 22.8 Å². The van der Waals surface area contributed by atoms with Crippen LogP contribution in [0.3, 0.4) is 0 Å². The smallest absolute Gasteiger partial charge is 0.120 e. The Hall–Kier alpha value is -1.26. The van der Waals surface area contributed by atoms with Gasteiger partial charge in [-0.2, -0.15) is 0 Å². The zero-order valence-corrected chi connectivity index (χ0v) is 14.9. The molecule has 1 fully saturated rings. The van der Waals surface area contributed by atoms with Crippen LogP contribution in [-0.4, -0.2) is 19.3 Å². The van der Waals surface area contributed by atoms with Crippen molar-refractivity contribution in [3.8, 4) is 5.75 Å². The van der Waals surface area contributed by atoms with Crippen molar-refractivity contribution < 1.29 is 9.47 Å². The molecule has 0 bridgehead atoms. The minimum absolute atomic E-state index is 0.360. The van der Waals surface area contributed by atoms with Gasteiger partial charge in [-0.1, -0.05) is 41.4 Å². The molecule has 0 amide bonds. The Kier molecular flexibility index (Phi) is 6.38. The zero-order chi connectivity index (χ0) is 16.8. The fraction of sp³-hybridized carbons (Fsp3) is 0.368. The van der Waals surface area contributed by atoms with Crippen LogP contribution in [0.1, 0.15) is 24.0 Å². The zero-order valence-electron chi connectivity index (χ0n) is 13.4. The Balaban J connectivity index is 1.49. The second-order valence-electron chi connectivity index (χ2n) is 5.95. The van der Waals surface area contributed by atoms with Crippen molar-refractivity contribution in [3.63, 3.8) is 0 Å². The van der Waals surface area contributed by atoms with Gasteiger partial charge in [-0.25, -0.2) is 0 Å². The summed E-state index contributed by atoms with van der Waals surface area (Å²) in [7, 11) is 0. The number of benzene rings is 2. The molecule has 2 aromatic rings. The van der Waals surface area contributed by atoms with Gasteiger partial charge in [0.2, 0.25) is 0 Å². The van der Waals surface area contributed by atoms with Crippen molar-refractivity contribution in [3.05, 3.63) is 63.6 Å². The molecule has 0 aromatic heterocycles. The topological polar surface area (TPSA) is 30.5 Å². The molecule has 128 valence electrons. The van der Waals surface area contributed by atoms with Gasteiger partial charge in [0.05, 0.1) is 16.1 Å². The van der Waals surface area contributed by atoms with E-state index in [0.717, 1.165) is 37.4 Å². The summed E-state index contributed by atoms with van der Waals surface area (Å²) in [4.78, 5) is 0. The van der Waals surface area contributed by atoms with Gasteiger partial charge in [0.1, 0.15) is 12.4 Å². The third kappa shape index (κ3) is 5.12. The van der Waals surface area contributed by atoms with E-state index in [1.807, 2.05) is 24.3 Å². The molecule has 1 heterocycles. The third-order valence-corrected chi connectivity index (χ3v) is 4.75. The minimum Gasteiger partial charge on any atom is -0.489 e. The summed E-state index contributed by atoms with van der Waals surface area (Å²) < 4.78 is 11.5. The first kappa shape index (κ1) is 17.6. The average Bonchev–Trinajstić information content (AvgIpc) is 3.10. The number of nitrogens with one attached hydrogen (secondary N) is 1. The van der Waals surface area contributed by atoms with Gasteiger partial charge >= 0.3 is 0 Å². The first-order chi connectivity index (χ1) is 11.7. The molecule has 0 radical (unpaired) electrons. The molecule has 1 aliphatic rings. The lowest BCUT2D eigenvalue weighted by Gasteiger charge is -2.12. The van der Waals surface area contributed by atoms with Crippen molar-refractivity contribution >= 4 is 23.2 Å². The molecule has 0 saturated carbocycles. The van der Waals surface area contributed by atoms with Crippen molar-refractivity contribution in [2.24, 2.45) is 0 Å². The largest absolute Gasteiger partial charge is 0.489 e. The summed E-state index contributed by atoms with van der Waals surface area (Å²) in [6, 6.07) is 13.6. The second-order valence-corrected chi connectivity index (χ2v) is 6.76. The summed E-state index contributed by atoms with van der Waals surface area (Å²) in [5, 5.41) is 4.55. The van der Waals surface area contributed by atoms with Gasteiger partial charge in [0.15, 0.2) is 0 Å². The molecule has 1 aliphatic heterocycles. The van der Waals surface area contributed by atoms with Gasteiger partial charge in [-0.05, 0) is 48.2 Å². The Morgan fingerprint density at radius 3 is 2.79 bits per heavy atom. The molecule has 1 atom stereocenters. The van der Waals surface area contributed by atoms with Gasteiger partial charge < -0.3 is 14.8 Å². The standard InChI is InChI=1S/C19H21Cl2NO2/c20-18-7-6-15(10-19(18)21)13-24-16-4-1-3-14(9-16)11-22-12-17-5-2-8-23-17/h1,3-4,6-7,9-10,17,22H,2,5,8,11-13H2/t17-/m0/s1. The maximum atomic E-state index is 6.03. The number of hydrogen-bond acceptors (Lipinski definition) is 3. The summed E-state index contributed by atoms with van der Waals surface area (Å²) >= 11 is 12.0. The SMILES string of the molecule is Clc1ccc(COc2cccc(CNC[C@@H]3CCCO3)c2)cc1Cl. The molecular formula is C19H21Cl2NO2. The highest BCUT2D eigenvalue weighted by Gasteiger charge is 2.14. The maximum absolute atomic E-state index is 6.03. The summed E-state index contributed by atoms with van der Waals surface area (Å²) in [5.74, 6) is 0.845. The Morgan fingerprint density at radius 1 is 1.08 bits per heavy atom. The molecule has 5 heteroatoms. The minimum atomic E-state index is 0.360. The van der Waals surface area contributed by atoms with Crippen LogP contribution >= 0.6 is 23.2 Å². The number of hydrogen-bond donors (Lipinski definition) is 1. The molecule has 3 nitrogen and oxygen atoms in total. The lowest BCUT2D eigenvalue weighted by molar-refractivity contribution is 0.110. The predicted molar refractivity (Wildman–Crippen MR) is 97.9 cm³/mol. The lowest BCUT2D eigenvalue weighted by atomic mass is 10.2. The molecule has 3 rings (SSSR count). The van der Waals surface area contributed by atoms with Crippen molar-refractivity contribution in [2.75, 3.05) is 13.2 Å². The number of ether oxygens (including phenoxy) is 2. The van der Waals surface area contributed by atoms with E-state index >= 15 is 0 Å². The summed E-state index contributed by atoms with van der Waals surface area (Å²) in [5.41, 5.74) is 2.19. The average molecular weight is 366 g/mol. The quantitative estimate of drug-likeness (QED) is 0.761. The first-order valence-electron chi connectivity index (χ1n) is 8.19. The van der Waals surface area contributed by atoms with Gasteiger partial charge in [0.25, 0.3) is 0 Å². The van der Waals surface area contributed by atoms with E-state index in [2.05, 4.69) is 17.4 Å². The van der Waals surface area contributed by atoms with Crippen LogP contribution in [0.5, 0.6) is 5.75 Å². The van der Waals surface area contributed by atoms with Crippen LogP contribution in [-0.2, 0) is 17.9 Å². The second kappa shape index (κ2) is 8.72. The van der Waals surface area contributed by atoms with Crippen LogP contribution in [0.15, 0.2) is 42.5 Å². The van der Waals surface area contributed by atoms with Crippen molar-refractivity contribution in [1.82, 2.24) is 5.32 Å². The normalized spacial score (nSPS) is 17.2. The molecule has 0 spiro atoms. The fourth-order valence-electron chi connectivity index (χ4n) is 2.72. The highest BCUT2D eigenvalue weighted by atomic mass is 35.5. The van der Waals surface area contributed by atoms with Crippen LogP contribution in [0.4, 0.5) is 0 Å². The monoisotopic (exact) mass is 365 g/mol. The van der Waals surface area contributed by atoms with Crippen molar-refractivity contribution in [1.29, 1.82) is 0 Å². The van der Waals surface area contributed by atoms with Crippen LogP contribution in [0.2, 0.25) is 10.0 Å². The van der Waals surface area contributed by atoms with Gasteiger partial charge in [-0.3, -0.25) is 0 Å². The van der Waals surface area contributed by atoms with Gasteiger partial charge in [0, 0.05) is 19.7 Å². The lowest BCUT2D eigenvalue weighted by Crippen LogP contribution is -2.25. The predicted octanol–water partition coefficient (Wildman–Crippen LogP) is 4.84. The molecule has 0 aliphatic carbocycles. The Bertz CT molecular complexity index is 672. The third-order valence-electron chi connectivity index (χ3n) is 4.01. The molecular weight excluding hydrogens is 345 g/mol. The van der Waals surface area contributed by atoms with Crippen LogP contribution in [0, 0.1) is 0 Å². The highest BCUT2D eigenvalue weighted by Crippen LogP contribution is 2.23. The summed E-state index contributed by atoms with van der Waals surface area (Å²) in [6.07, 6.45) is 2.68. The number of halogens is 2. The van der Waals surface area contributed by atoms with E-state index in [4.69, 9.17) is 32.7 Å². The van der Waals surface area contributed by atoms with E-state index < -0.39 is 0 Å². The number of rotatable bonds is 7. The van der Waals surface area contributed by atoms with E-state index in [1.54, 1.807) is 6.07 Å². The molecule has 0 unspecified atom stereocenters. The molecule has 1 N–H and O–H groups in total. The molecule has 1 saturated heterocycles. The first-order valence-corrected chi connectivity index (χ1v) is 8.94. The van der Waals surface area contributed by atoms with E-state index in [9.17, 15) is 0 Å². The Labute approximate surface area is 152 Å². The van der Waals surface area contributed by atoms with Crippen molar-refractivity contribution in [2.45, 2.75) is 32.1 Å². The van der Waals surface area contributed by atoms with E-state index in [1.165, 1.54) is 12.0 Å². The van der Waals surface area contributed by atoms with Crippen LogP contribution < -0.4 is 10.1 Å². The van der Waals surface area contributed by atoms with E-state index in [-0.39, 0.29) is 0 Å².